The smallest absolute Gasteiger partial charge is 0.416 e. The predicted octanol–water partition coefficient (Wildman–Crippen LogP) is 3.05. The van der Waals surface area contributed by atoms with Crippen molar-refractivity contribution in [2.45, 2.75) is 25.1 Å². The molecule has 1 atom stereocenters. The van der Waals surface area contributed by atoms with Crippen molar-refractivity contribution in [2.24, 2.45) is 0 Å². The number of benzene rings is 1. The molecule has 1 fully saturated rings. The number of phenolic OH excluding ortho intramolecular Hbond substituents is 1. The van der Waals surface area contributed by atoms with E-state index >= 15 is 0 Å². The van der Waals surface area contributed by atoms with Gasteiger partial charge >= 0.3 is 6.18 Å². The molecule has 10 heteroatoms. The lowest BCUT2D eigenvalue weighted by Crippen LogP contribution is -2.45. The SMILES string of the molecule is CN1CCC[C@@H](N(C)c2nnc(-c3ccc(C(F)(F)F)cc3O)n3ccnc23)C1. The predicted molar refractivity (Wildman–Crippen MR) is 102 cm³/mol. The Kier molecular flexibility index (Phi) is 4.81. The van der Waals surface area contributed by atoms with Gasteiger partial charge in [0.25, 0.3) is 0 Å². The minimum absolute atomic E-state index is 0.153. The quantitative estimate of drug-likeness (QED) is 0.721. The molecule has 1 N–H and O–H groups in total. The zero-order valence-electron chi connectivity index (χ0n) is 16.1. The Morgan fingerprint density at radius 1 is 1.24 bits per heavy atom. The Bertz CT molecular complexity index is 1030. The second-order valence-electron chi connectivity index (χ2n) is 7.37. The van der Waals surface area contributed by atoms with E-state index in [-0.39, 0.29) is 17.4 Å². The summed E-state index contributed by atoms with van der Waals surface area (Å²) >= 11 is 0. The van der Waals surface area contributed by atoms with Gasteiger partial charge in [-0.1, -0.05) is 0 Å². The molecule has 154 valence electrons. The number of fused-ring (bicyclic) bond motifs is 1. The standard InChI is InChI=1S/C19H21F3N6O/c1-26-8-3-4-13(11-26)27(2)18-17-23-7-9-28(17)16(24-25-18)14-6-5-12(10-15(14)29)19(20,21)22/h5-7,9-10,13,29H,3-4,8,11H2,1-2H3/t13-/m1/s1. The summed E-state index contributed by atoms with van der Waals surface area (Å²) in [7, 11) is 4.02. The number of hydrogen-bond donors (Lipinski definition) is 1. The van der Waals surface area contributed by atoms with Crippen LogP contribution < -0.4 is 4.90 Å². The van der Waals surface area contributed by atoms with Gasteiger partial charge in [-0.3, -0.25) is 4.40 Å². The van der Waals surface area contributed by atoms with Gasteiger partial charge in [-0.05, 0) is 44.6 Å². The molecule has 0 spiro atoms. The molecule has 1 aliphatic heterocycles. The number of piperidine rings is 1. The topological polar surface area (TPSA) is 69.8 Å². The van der Waals surface area contributed by atoms with Crippen LogP contribution in [-0.4, -0.2) is 62.8 Å². The maximum absolute atomic E-state index is 12.9. The molecular weight excluding hydrogens is 385 g/mol. The number of rotatable bonds is 3. The molecule has 0 amide bonds. The minimum Gasteiger partial charge on any atom is -0.507 e. The molecule has 4 rings (SSSR count). The third-order valence-electron chi connectivity index (χ3n) is 5.36. The van der Waals surface area contributed by atoms with Crippen molar-refractivity contribution in [1.29, 1.82) is 0 Å². The Morgan fingerprint density at radius 3 is 2.72 bits per heavy atom. The average Bonchev–Trinajstić information content (AvgIpc) is 3.16. The summed E-state index contributed by atoms with van der Waals surface area (Å²) in [5, 5.41) is 18.7. The fourth-order valence-corrected chi connectivity index (χ4v) is 3.76. The normalized spacial score (nSPS) is 18.3. The third kappa shape index (κ3) is 3.59. The molecule has 3 aromatic rings. The van der Waals surface area contributed by atoms with Crippen LogP contribution in [0.3, 0.4) is 0 Å². The van der Waals surface area contributed by atoms with Crippen molar-refractivity contribution in [3.63, 3.8) is 0 Å². The summed E-state index contributed by atoms with van der Waals surface area (Å²) in [5.74, 6) is 0.297. The number of anilines is 1. The van der Waals surface area contributed by atoms with Gasteiger partial charge in [-0.25, -0.2) is 4.98 Å². The molecule has 1 saturated heterocycles. The summed E-state index contributed by atoms with van der Waals surface area (Å²) in [6, 6.07) is 3.06. The molecular formula is C19H21F3N6O. The van der Waals surface area contributed by atoms with Gasteiger partial charge in [0, 0.05) is 32.0 Å². The molecule has 2 aromatic heterocycles. The van der Waals surface area contributed by atoms with E-state index in [1.165, 1.54) is 6.07 Å². The number of aromatic nitrogens is 4. The number of alkyl halides is 3. The van der Waals surface area contributed by atoms with Gasteiger partial charge in [0.05, 0.1) is 11.1 Å². The molecule has 0 saturated carbocycles. The summed E-state index contributed by atoms with van der Waals surface area (Å²) in [5.41, 5.74) is -0.239. The highest BCUT2D eigenvalue weighted by Gasteiger charge is 2.32. The highest BCUT2D eigenvalue weighted by atomic mass is 19.4. The molecule has 0 radical (unpaired) electrons. The lowest BCUT2D eigenvalue weighted by atomic mass is 10.1. The molecule has 7 nitrogen and oxygen atoms in total. The monoisotopic (exact) mass is 406 g/mol. The van der Waals surface area contributed by atoms with Crippen LogP contribution in [0.4, 0.5) is 19.0 Å². The lowest BCUT2D eigenvalue weighted by molar-refractivity contribution is -0.137. The first-order chi connectivity index (χ1) is 13.8. The van der Waals surface area contributed by atoms with Gasteiger partial charge in [0.2, 0.25) is 0 Å². The van der Waals surface area contributed by atoms with Crippen molar-refractivity contribution in [2.75, 3.05) is 32.1 Å². The first-order valence-corrected chi connectivity index (χ1v) is 9.27. The molecule has 1 aliphatic rings. The second-order valence-corrected chi connectivity index (χ2v) is 7.37. The van der Waals surface area contributed by atoms with Crippen LogP contribution in [-0.2, 0) is 6.18 Å². The van der Waals surface area contributed by atoms with Gasteiger partial charge < -0.3 is 14.9 Å². The zero-order valence-corrected chi connectivity index (χ0v) is 16.1. The fourth-order valence-electron chi connectivity index (χ4n) is 3.76. The van der Waals surface area contributed by atoms with Crippen LogP contribution in [0, 0.1) is 0 Å². The summed E-state index contributed by atoms with van der Waals surface area (Å²) in [6.45, 7) is 1.95. The maximum Gasteiger partial charge on any atom is 0.416 e. The maximum atomic E-state index is 12.9. The number of likely N-dealkylation sites (tertiary alicyclic amines) is 1. The minimum atomic E-state index is -4.54. The fraction of sp³-hybridized carbons (Fsp3) is 0.421. The van der Waals surface area contributed by atoms with Crippen LogP contribution in [0.25, 0.3) is 17.0 Å². The van der Waals surface area contributed by atoms with Gasteiger partial charge in [0.1, 0.15) is 5.75 Å². The number of halogens is 3. The molecule has 0 bridgehead atoms. The summed E-state index contributed by atoms with van der Waals surface area (Å²) < 4.78 is 40.3. The van der Waals surface area contributed by atoms with Crippen molar-refractivity contribution in [3.8, 4) is 17.1 Å². The Morgan fingerprint density at radius 2 is 2.03 bits per heavy atom. The molecule has 0 unspecified atom stereocenters. The number of phenols is 1. The first kappa shape index (κ1) is 19.4. The number of likely N-dealkylation sites (N-methyl/N-ethyl adjacent to an activating group) is 2. The summed E-state index contributed by atoms with van der Waals surface area (Å²) in [4.78, 5) is 8.67. The Hall–Kier alpha value is -2.88. The average molecular weight is 406 g/mol. The molecule has 1 aromatic carbocycles. The molecule has 0 aliphatic carbocycles. The Labute approximate surface area is 165 Å². The van der Waals surface area contributed by atoms with Crippen LogP contribution in [0.5, 0.6) is 5.75 Å². The highest BCUT2D eigenvalue weighted by Crippen LogP contribution is 2.36. The number of nitrogens with zero attached hydrogens (tertiary/aromatic N) is 6. The highest BCUT2D eigenvalue weighted by molar-refractivity contribution is 5.71. The summed E-state index contributed by atoms with van der Waals surface area (Å²) in [6.07, 6.45) is 0.804. The third-order valence-corrected chi connectivity index (χ3v) is 5.36. The van der Waals surface area contributed by atoms with E-state index in [1.807, 2.05) is 11.9 Å². The van der Waals surface area contributed by atoms with E-state index in [0.717, 1.165) is 32.0 Å². The van der Waals surface area contributed by atoms with Crippen LogP contribution in [0.15, 0.2) is 30.6 Å². The molecule has 29 heavy (non-hydrogen) atoms. The Balaban J connectivity index is 1.74. The largest absolute Gasteiger partial charge is 0.507 e. The lowest BCUT2D eigenvalue weighted by Gasteiger charge is -2.36. The van der Waals surface area contributed by atoms with E-state index in [2.05, 4.69) is 27.1 Å². The van der Waals surface area contributed by atoms with Crippen molar-refractivity contribution >= 4 is 11.5 Å². The molecule has 3 heterocycles. The zero-order chi connectivity index (χ0) is 20.8. The van der Waals surface area contributed by atoms with E-state index < -0.39 is 17.5 Å². The van der Waals surface area contributed by atoms with Crippen molar-refractivity contribution < 1.29 is 18.3 Å². The van der Waals surface area contributed by atoms with Gasteiger partial charge in [-0.15, -0.1) is 10.2 Å². The van der Waals surface area contributed by atoms with E-state index in [9.17, 15) is 18.3 Å². The number of hydrogen-bond acceptors (Lipinski definition) is 6. The van der Waals surface area contributed by atoms with Crippen LogP contribution in [0.2, 0.25) is 0 Å². The van der Waals surface area contributed by atoms with Gasteiger partial charge in [-0.2, -0.15) is 13.2 Å². The van der Waals surface area contributed by atoms with Crippen LogP contribution in [0.1, 0.15) is 18.4 Å². The van der Waals surface area contributed by atoms with Crippen LogP contribution >= 0.6 is 0 Å². The van der Waals surface area contributed by atoms with Gasteiger partial charge in [0.15, 0.2) is 17.3 Å². The second kappa shape index (κ2) is 7.18. The van der Waals surface area contributed by atoms with Crippen molar-refractivity contribution in [1.82, 2.24) is 24.5 Å². The van der Waals surface area contributed by atoms with E-state index in [1.54, 1.807) is 16.8 Å². The number of aromatic hydroxyl groups is 1. The van der Waals surface area contributed by atoms with E-state index in [4.69, 9.17) is 0 Å². The number of imidazole rings is 1. The van der Waals surface area contributed by atoms with Crippen molar-refractivity contribution in [3.05, 3.63) is 36.2 Å². The first-order valence-electron chi connectivity index (χ1n) is 9.27. The van der Waals surface area contributed by atoms with E-state index in [0.29, 0.717) is 17.5 Å².